The molecule has 3 aromatic rings. The molecule has 1 N–H and O–H groups in total. The lowest BCUT2D eigenvalue weighted by atomic mass is 9.87. The molecule has 1 aliphatic rings. The predicted octanol–water partition coefficient (Wildman–Crippen LogP) is 6.69. The van der Waals surface area contributed by atoms with E-state index in [1.165, 1.54) is 5.56 Å². The molecule has 0 bridgehead atoms. The quantitative estimate of drug-likeness (QED) is 0.360. The maximum atomic E-state index is 13.6. The SMILES string of the molecule is CC(C)(C)c1ccc(CN(CCC(=O)O)C(=O)c2ccc3c(c2)C[C@](C)(Cc2cccc(Cl)c2)O3)cc1. The summed E-state index contributed by atoms with van der Waals surface area (Å²) in [6, 6.07) is 21.4. The largest absolute Gasteiger partial charge is 0.487 e. The Morgan fingerprint density at radius 2 is 1.76 bits per heavy atom. The molecule has 0 fully saturated rings. The molecule has 4 rings (SSSR count). The summed E-state index contributed by atoms with van der Waals surface area (Å²) in [5, 5.41) is 9.96. The van der Waals surface area contributed by atoms with Crippen LogP contribution in [0.4, 0.5) is 0 Å². The maximum Gasteiger partial charge on any atom is 0.305 e. The van der Waals surface area contributed by atoms with Crippen molar-refractivity contribution in [3.63, 3.8) is 0 Å². The van der Waals surface area contributed by atoms with Crippen molar-refractivity contribution >= 4 is 23.5 Å². The molecule has 1 heterocycles. The number of amides is 1. The molecule has 1 atom stereocenters. The number of benzene rings is 3. The lowest BCUT2D eigenvalue weighted by Gasteiger charge is -2.24. The Balaban J connectivity index is 1.52. The molecule has 0 saturated carbocycles. The van der Waals surface area contributed by atoms with Crippen LogP contribution in [0.15, 0.2) is 66.7 Å². The zero-order valence-corrected chi connectivity index (χ0v) is 22.6. The molecule has 3 aromatic carbocycles. The van der Waals surface area contributed by atoms with E-state index in [2.05, 4.69) is 39.8 Å². The minimum atomic E-state index is -0.931. The van der Waals surface area contributed by atoms with Gasteiger partial charge in [-0.25, -0.2) is 0 Å². The highest BCUT2D eigenvalue weighted by atomic mass is 35.5. The molecule has 37 heavy (non-hydrogen) atoms. The van der Waals surface area contributed by atoms with Crippen molar-refractivity contribution in [2.75, 3.05) is 6.54 Å². The number of hydrogen-bond donors (Lipinski definition) is 1. The lowest BCUT2D eigenvalue weighted by Crippen LogP contribution is -2.33. The van der Waals surface area contributed by atoms with Crippen molar-refractivity contribution in [3.05, 3.63) is 99.6 Å². The number of halogens is 1. The molecule has 0 radical (unpaired) electrons. The van der Waals surface area contributed by atoms with Gasteiger partial charge in [-0.15, -0.1) is 0 Å². The number of nitrogens with zero attached hydrogens (tertiary/aromatic N) is 1. The number of carbonyl (C=O) groups is 2. The minimum Gasteiger partial charge on any atom is -0.487 e. The number of carboxylic acids is 1. The van der Waals surface area contributed by atoms with Crippen LogP contribution < -0.4 is 4.74 Å². The Morgan fingerprint density at radius 1 is 1.03 bits per heavy atom. The molecule has 5 nitrogen and oxygen atoms in total. The van der Waals surface area contributed by atoms with Gasteiger partial charge in [-0.3, -0.25) is 9.59 Å². The van der Waals surface area contributed by atoms with Gasteiger partial charge in [0.2, 0.25) is 0 Å². The third-order valence-corrected chi connectivity index (χ3v) is 7.01. The van der Waals surface area contributed by atoms with E-state index in [0.717, 1.165) is 22.4 Å². The molecule has 0 unspecified atom stereocenters. The highest BCUT2D eigenvalue weighted by Gasteiger charge is 2.35. The zero-order valence-electron chi connectivity index (χ0n) is 21.9. The van der Waals surface area contributed by atoms with Gasteiger partial charge < -0.3 is 14.7 Å². The van der Waals surface area contributed by atoms with Crippen molar-refractivity contribution < 1.29 is 19.4 Å². The fourth-order valence-electron chi connectivity index (χ4n) is 4.83. The van der Waals surface area contributed by atoms with Crippen LogP contribution in [-0.2, 0) is 29.6 Å². The van der Waals surface area contributed by atoms with Crippen LogP contribution in [0.5, 0.6) is 5.75 Å². The van der Waals surface area contributed by atoms with Crippen molar-refractivity contribution in [3.8, 4) is 5.75 Å². The first-order valence-corrected chi connectivity index (χ1v) is 13.0. The number of fused-ring (bicyclic) bond motifs is 1. The van der Waals surface area contributed by atoms with Gasteiger partial charge in [0.15, 0.2) is 0 Å². The van der Waals surface area contributed by atoms with Crippen LogP contribution in [0.2, 0.25) is 5.02 Å². The topological polar surface area (TPSA) is 66.8 Å². The van der Waals surface area contributed by atoms with E-state index in [1.807, 2.05) is 48.5 Å². The first kappa shape index (κ1) is 26.7. The average Bonchev–Trinajstić information content (AvgIpc) is 3.15. The molecule has 0 aromatic heterocycles. The zero-order chi connectivity index (χ0) is 26.8. The number of aliphatic carboxylic acids is 1. The Bertz CT molecular complexity index is 1300. The van der Waals surface area contributed by atoms with Gasteiger partial charge in [-0.1, -0.05) is 68.8 Å². The Morgan fingerprint density at radius 3 is 2.41 bits per heavy atom. The second kappa shape index (κ2) is 10.6. The average molecular weight is 520 g/mol. The van der Waals surface area contributed by atoms with E-state index in [4.69, 9.17) is 16.3 Å². The third kappa shape index (κ3) is 6.72. The van der Waals surface area contributed by atoms with Crippen LogP contribution >= 0.6 is 11.6 Å². The summed E-state index contributed by atoms with van der Waals surface area (Å²) >= 11 is 6.16. The standard InChI is InChI=1S/C31H34ClNO4/c1-30(2,3)25-11-8-21(9-12-25)20-33(15-14-28(34)35)29(36)23-10-13-27-24(17-23)19-31(4,37-27)18-22-6-5-7-26(32)16-22/h5-13,16-17H,14-15,18-20H2,1-4H3,(H,34,35)/t31-/m0/s1. The molecular weight excluding hydrogens is 486 g/mol. The van der Waals surface area contributed by atoms with Crippen molar-refractivity contribution in [1.29, 1.82) is 0 Å². The summed E-state index contributed by atoms with van der Waals surface area (Å²) in [5.41, 5.74) is 4.37. The highest BCUT2D eigenvalue weighted by molar-refractivity contribution is 6.30. The Hall–Kier alpha value is -3.31. The predicted molar refractivity (Wildman–Crippen MR) is 146 cm³/mol. The van der Waals surface area contributed by atoms with Gasteiger partial charge in [0, 0.05) is 36.5 Å². The van der Waals surface area contributed by atoms with Gasteiger partial charge in [-0.2, -0.15) is 0 Å². The van der Waals surface area contributed by atoms with Crippen LogP contribution in [0.25, 0.3) is 0 Å². The summed E-state index contributed by atoms with van der Waals surface area (Å²) in [7, 11) is 0. The normalized spacial score (nSPS) is 16.7. The van der Waals surface area contributed by atoms with Gasteiger partial charge >= 0.3 is 5.97 Å². The van der Waals surface area contributed by atoms with E-state index >= 15 is 0 Å². The van der Waals surface area contributed by atoms with E-state index in [9.17, 15) is 14.7 Å². The van der Waals surface area contributed by atoms with Gasteiger partial charge in [0.1, 0.15) is 11.4 Å². The van der Waals surface area contributed by atoms with Crippen LogP contribution in [0, 0.1) is 0 Å². The minimum absolute atomic E-state index is 0.0328. The number of carbonyl (C=O) groups excluding carboxylic acids is 1. The highest BCUT2D eigenvalue weighted by Crippen LogP contribution is 2.38. The number of ether oxygens (including phenoxy) is 1. The summed E-state index contributed by atoms with van der Waals surface area (Å²) in [6.07, 6.45) is 1.25. The number of hydrogen-bond acceptors (Lipinski definition) is 3. The maximum absolute atomic E-state index is 13.6. The second-order valence-corrected chi connectivity index (χ2v) is 11.6. The number of rotatable bonds is 8. The monoisotopic (exact) mass is 519 g/mol. The van der Waals surface area contributed by atoms with Gasteiger partial charge in [0.25, 0.3) is 5.91 Å². The van der Waals surface area contributed by atoms with Crippen LogP contribution in [0.3, 0.4) is 0 Å². The molecule has 1 amide bonds. The van der Waals surface area contributed by atoms with Crippen LogP contribution in [0.1, 0.15) is 66.7 Å². The number of carboxylic acid groups (broad SMARTS) is 1. The third-order valence-electron chi connectivity index (χ3n) is 6.77. The first-order valence-electron chi connectivity index (χ1n) is 12.6. The molecule has 0 spiro atoms. The molecule has 0 aliphatic carbocycles. The first-order chi connectivity index (χ1) is 17.4. The van der Waals surface area contributed by atoms with Gasteiger partial charge in [-0.05, 0) is 64.9 Å². The van der Waals surface area contributed by atoms with E-state index < -0.39 is 11.6 Å². The molecule has 6 heteroatoms. The fraction of sp³-hybridized carbons (Fsp3) is 0.355. The van der Waals surface area contributed by atoms with E-state index in [0.29, 0.717) is 30.0 Å². The van der Waals surface area contributed by atoms with Crippen LogP contribution in [-0.4, -0.2) is 34.0 Å². The van der Waals surface area contributed by atoms with E-state index in [1.54, 1.807) is 11.0 Å². The lowest BCUT2D eigenvalue weighted by molar-refractivity contribution is -0.137. The summed E-state index contributed by atoms with van der Waals surface area (Å²) in [5.74, 6) is -0.344. The smallest absolute Gasteiger partial charge is 0.305 e. The second-order valence-electron chi connectivity index (χ2n) is 11.2. The van der Waals surface area contributed by atoms with Crippen molar-refractivity contribution in [2.24, 2.45) is 0 Å². The van der Waals surface area contributed by atoms with Gasteiger partial charge in [0.05, 0.1) is 6.42 Å². The van der Waals surface area contributed by atoms with Crippen molar-refractivity contribution in [1.82, 2.24) is 4.90 Å². The van der Waals surface area contributed by atoms with Crippen molar-refractivity contribution in [2.45, 2.75) is 64.5 Å². The molecule has 0 saturated heterocycles. The molecule has 1 aliphatic heterocycles. The fourth-order valence-corrected chi connectivity index (χ4v) is 5.04. The summed E-state index contributed by atoms with van der Waals surface area (Å²) in [4.78, 5) is 26.5. The Kier molecular flexibility index (Phi) is 7.65. The summed E-state index contributed by atoms with van der Waals surface area (Å²) < 4.78 is 6.30. The molecule has 194 valence electrons. The summed E-state index contributed by atoms with van der Waals surface area (Å²) in [6.45, 7) is 9.01. The van der Waals surface area contributed by atoms with E-state index in [-0.39, 0.29) is 24.3 Å². The molecular formula is C31H34ClNO4. The Labute approximate surface area is 224 Å².